The van der Waals surface area contributed by atoms with Crippen LogP contribution in [0.2, 0.25) is 0 Å². The number of rotatable bonds is 6. The Kier molecular flexibility index (Phi) is 5.31. The Hall–Kier alpha value is -3.19. The minimum atomic E-state index is -0.105. The molecule has 1 amide bonds. The molecular formula is C22H22N4O2S. The van der Waals surface area contributed by atoms with E-state index in [2.05, 4.69) is 10.3 Å². The molecule has 2 heterocycles. The van der Waals surface area contributed by atoms with Gasteiger partial charge in [-0.15, -0.1) is 11.3 Å². The van der Waals surface area contributed by atoms with Crippen LogP contribution in [0.4, 0.5) is 0 Å². The van der Waals surface area contributed by atoms with Crippen LogP contribution in [-0.4, -0.2) is 20.0 Å². The third kappa shape index (κ3) is 4.00. The fourth-order valence-corrected chi connectivity index (χ4v) is 3.99. The van der Waals surface area contributed by atoms with E-state index in [9.17, 15) is 9.59 Å². The van der Waals surface area contributed by atoms with Gasteiger partial charge in [-0.1, -0.05) is 36.4 Å². The van der Waals surface area contributed by atoms with Gasteiger partial charge in [-0.05, 0) is 24.6 Å². The smallest absolute Gasteiger partial charge is 0.328 e. The standard InChI is InChI=1S/C22H22N4O2S/c1-15-24-18(14-29-15)17-9-7-16(8-10-17)13-23-21(27)11-12-26-20-6-4-3-5-19(20)25(2)22(26)28/h3-10,14H,11-13H2,1-2H3,(H,23,27). The lowest BCUT2D eigenvalue weighted by Gasteiger charge is -2.07. The number of aryl methyl sites for hydroxylation is 3. The zero-order valence-corrected chi connectivity index (χ0v) is 17.2. The minimum absolute atomic E-state index is 0.0796. The number of hydrogen-bond donors (Lipinski definition) is 1. The molecule has 2 aromatic carbocycles. The Morgan fingerprint density at radius 2 is 1.83 bits per heavy atom. The molecule has 0 unspecified atom stereocenters. The van der Waals surface area contributed by atoms with Gasteiger partial charge in [0.05, 0.1) is 21.7 Å². The minimum Gasteiger partial charge on any atom is -0.352 e. The van der Waals surface area contributed by atoms with Crippen molar-refractivity contribution in [1.29, 1.82) is 0 Å². The Labute approximate surface area is 172 Å². The van der Waals surface area contributed by atoms with Crippen LogP contribution >= 0.6 is 11.3 Å². The zero-order chi connectivity index (χ0) is 20.4. The van der Waals surface area contributed by atoms with Crippen molar-refractivity contribution < 1.29 is 4.79 Å². The molecule has 2 aromatic heterocycles. The van der Waals surface area contributed by atoms with Crippen molar-refractivity contribution in [2.24, 2.45) is 7.05 Å². The third-order valence-electron chi connectivity index (χ3n) is 4.97. The lowest BCUT2D eigenvalue weighted by atomic mass is 10.1. The number of carbonyl (C=O) groups is 1. The number of nitrogens with one attached hydrogen (secondary N) is 1. The molecule has 7 heteroatoms. The average molecular weight is 407 g/mol. The van der Waals surface area contributed by atoms with E-state index < -0.39 is 0 Å². The van der Waals surface area contributed by atoms with Gasteiger partial charge >= 0.3 is 5.69 Å². The molecule has 0 radical (unpaired) electrons. The molecular weight excluding hydrogens is 384 g/mol. The van der Waals surface area contributed by atoms with E-state index in [1.165, 1.54) is 0 Å². The van der Waals surface area contributed by atoms with Crippen molar-refractivity contribution >= 4 is 28.3 Å². The van der Waals surface area contributed by atoms with Gasteiger partial charge in [-0.2, -0.15) is 0 Å². The second kappa shape index (κ2) is 8.05. The first-order valence-electron chi connectivity index (χ1n) is 9.45. The van der Waals surface area contributed by atoms with E-state index >= 15 is 0 Å². The maximum absolute atomic E-state index is 12.4. The first-order valence-corrected chi connectivity index (χ1v) is 10.3. The Morgan fingerprint density at radius 1 is 1.10 bits per heavy atom. The molecule has 1 N–H and O–H groups in total. The number of hydrogen-bond acceptors (Lipinski definition) is 4. The van der Waals surface area contributed by atoms with Gasteiger partial charge in [0, 0.05) is 37.5 Å². The molecule has 0 atom stereocenters. The summed E-state index contributed by atoms with van der Waals surface area (Å²) in [7, 11) is 1.75. The quantitative estimate of drug-likeness (QED) is 0.533. The monoisotopic (exact) mass is 406 g/mol. The highest BCUT2D eigenvalue weighted by molar-refractivity contribution is 7.09. The Bertz CT molecular complexity index is 1220. The first-order chi connectivity index (χ1) is 14.0. The average Bonchev–Trinajstić information content (AvgIpc) is 3.27. The van der Waals surface area contributed by atoms with E-state index in [0.717, 1.165) is 32.9 Å². The summed E-state index contributed by atoms with van der Waals surface area (Å²) < 4.78 is 3.26. The van der Waals surface area contributed by atoms with E-state index in [1.54, 1.807) is 27.5 Å². The molecule has 0 spiro atoms. The van der Waals surface area contributed by atoms with Gasteiger partial charge in [0.25, 0.3) is 0 Å². The van der Waals surface area contributed by atoms with Crippen LogP contribution in [0, 0.1) is 6.92 Å². The van der Waals surface area contributed by atoms with Crippen molar-refractivity contribution in [3.63, 3.8) is 0 Å². The number of amides is 1. The predicted octanol–water partition coefficient (Wildman–Crippen LogP) is 3.48. The highest BCUT2D eigenvalue weighted by atomic mass is 32.1. The van der Waals surface area contributed by atoms with Gasteiger partial charge < -0.3 is 5.32 Å². The molecule has 6 nitrogen and oxygen atoms in total. The molecule has 0 aliphatic heterocycles. The van der Waals surface area contributed by atoms with Crippen molar-refractivity contribution in [2.45, 2.75) is 26.4 Å². The SMILES string of the molecule is Cc1nc(-c2ccc(CNC(=O)CCn3c(=O)n(C)c4ccccc43)cc2)cs1. The summed E-state index contributed by atoms with van der Waals surface area (Å²) in [4.78, 5) is 29.2. The number of aromatic nitrogens is 3. The molecule has 29 heavy (non-hydrogen) atoms. The number of imidazole rings is 1. The van der Waals surface area contributed by atoms with E-state index in [4.69, 9.17) is 0 Å². The van der Waals surface area contributed by atoms with E-state index in [1.807, 2.05) is 60.8 Å². The summed E-state index contributed by atoms with van der Waals surface area (Å²) in [6.07, 6.45) is 0.254. The fourth-order valence-electron chi connectivity index (χ4n) is 3.37. The molecule has 0 saturated carbocycles. The lowest BCUT2D eigenvalue weighted by molar-refractivity contribution is -0.121. The highest BCUT2D eigenvalue weighted by Crippen LogP contribution is 2.21. The van der Waals surface area contributed by atoms with Gasteiger partial charge in [0.2, 0.25) is 5.91 Å². The molecule has 0 aliphatic rings. The topological polar surface area (TPSA) is 68.9 Å². The number of nitrogens with zero attached hydrogens (tertiary/aromatic N) is 3. The summed E-state index contributed by atoms with van der Waals surface area (Å²) in [5.74, 6) is -0.0796. The van der Waals surface area contributed by atoms with Gasteiger partial charge in [0.1, 0.15) is 0 Å². The summed E-state index contributed by atoms with van der Waals surface area (Å²) in [5, 5.41) is 6.02. The number of thiazole rings is 1. The molecule has 0 fully saturated rings. The number of fused-ring (bicyclic) bond motifs is 1. The summed E-state index contributed by atoms with van der Waals surface area (Å²) in [6.45, 7) is 2.80. The number of benzene rings is 2. The van der Waals surface area contributed by atoms with E-state index in [0.29, 0.717) is 13.1 Å². The van der Waals surface area contributed by atoms with Crippen LogP contribution in [0.25, 0.3) is 22.3 Å². The van der Waals surface area contributed by atoms with Gasteiger partial charge in [-0.25, -0.2) is 9.78 Å². The van der Waals surface area contributed by atoms with Gasteiger partial charge in [-0.3, -0.25) is 13.9 Å². The van der Waals surface area contributed by atoms with Crippen molar-refractivity contribution in [2.75, 3.05) is 0 Å². The maximum atomic E-state index is 12.4. The molecule has 0 saturated heterocycles. The van der Waals surface area contributed by atoms with Crippen LogP contribution in [-0.2, 0) is 24.9 Å². The Morgan fingerprint density at radius 3 is 2.52 bits per heavy atom. The zero-order valence-electron chi connectivity index (χ0n) is 16.4. The summed E-state index contributed by atoms with van der Waals surface area (Å²) in [6, 6.07) is 15.6. The summed E-state index contributed by atoms with van der Waals surface area (Å²) >= 11 is 1.63. The third-order valence-corrected chi connectivity index (χ3v) is 5.75. The van der Waals surface area contributed by atoms with Crippen LogP contribution in [0.3, 0.4) is 0 Å². The second-order valence-electron chi connectivity index (χ2n) is 6.96. The van der Waals surface area contributed by atoms with Gasteiger partial charge in [0.15, 0.2) is 0 Å². The van der Waals surface area contributed by atoms with Crippen LogP contribution < -0.4 is 11.0 Å². The maximum Gasteiger partial charge on any atom is 0.328 e. The normalized spacial score (nSPS) is 11.1. The molecule has 0 aliphatic carbocycles. The molecule has 4 aromatic rings. The van der Waals surface area contributed by atoms with Crippen LogP contribution in [0.5, 0.6) is 0 Å². The highest BCUT2D eigenvalue weighted by Gasteiger charge is 2.11. The summed E-state index contributed by atoms with van der Waals surface area (Å²) in [5.41, 5.74) is 4.68. The first kappa shape index (κ1) is 19.1. The lowest BCUT2D eigenvalue weighted by Crippen LogP contribution is -2.27. The number of para-hydroxylation sites is 2. The van der Waals surface area contributed by atoms with Crippen LogP contribution in [0.1, 0.15) is 17.0 Å². The van der Waals surface area contributed by atoms with Crippen LogP contribution in [0.15, 0.2) is 58.7 Å². The molecule has 4 rings (SSSR count). The predicted molar refractivity (Wildman–Crippen MR) is 116 cm³/mol. The second-order valence-corrected chi connectivity index (χ2v) is 8.02. The van der Waals surface area contributed by atoms with Crippen molar-refractivity contribution in [3.8, 4) is 11.3 Å². The van der Waals surface area contributed by atoms with E-state index in [-0.39, 0.29) is 18.0 Å². The number of carbonyl (C=O) groups excluding carboxylic acids is 1. The largest absolute Gasteiger partial charge is 0.352 e. The van der Waals surface area contributed by atoms with Crippen molar-refractivity contribution in [1.82, 2.24) is 19.4 Å². The fraction of sp³-hybridized carbons (Fsp3) is 0.227. The molecule has 0 bridgehead atoms. The Balaban J connectivity index is 1.35. The molecule has 148 valence electrons. The van der Waals surface area contributed by atoms with Crippen molar-refractivity contribution in [3.05, 3.63) is 75.0 Å².